The summed E-state index contributed by atoms with van der Waals surface area (Å²) < 4.78 is 5.45. The number of rotatable bonds is 4. The summed E-state index contributed by atoms with van der Waals surface area (Å²) in [6.45, 7) is 4.54. The van der Waals surface area contributed by atoms with Crippen molar-refractivity contribution in [2.45, 2.75) is 39.2 Å². The molecule has 2 unspecified atom stereocenters. The van der Waals surface area contributed by atoms with E-state index in [0.717, 1.165) is 12.8 Å². The Labute approximate surface area is 120 Å². The molecule has 20 heavy (non-hydrogen) atoms. The molecule has 1 aromatic carbocycles. The van der Waals surface area contributed by atoms with Crippen LogP contribution in [0, 0.1) is 11.8 Å². The van der Waals surface area contributed by atoms with Crippen molar-refractivity contribution in [2.75, 3.05) is 12.3 Å². The molecule has 0 aromatic heterocycles. The number of carbonyl (C=O) groups excluding carboxylic acids is 1. The van der Waals surface area contributed by atoms with Gasteiger partial charge in [0, 0.05) is 17.8 Å². The lowest BCUT2D eigenvalue weighted by Gasteiger charge is -2.31. The highest BCUT2D eigenvalue weighted by Crippen LogP contribution is 2.28. The van der Waals surface area contributed by atoms with E-state index < -0.39 is 0 Å². The molecule has 0 spiro atoms. The van der Waals surface area contributed by atoms with Crippen molar-refractivity contribution in [1.82, 2.24) is 5.32 Å². The molecule has 2 atom stereocenters. The first-order chi connectivity index (χ1) is 9.52. The van der Waals surface area contributed by atoms with Crippen LogP contribution >= 0.6 is 0 Å². The van der Waals surface area contributed by atoms with Gasteiger partial charge in [-0.05, 0) is 43.2 Å². The van der Waals surface area contributed by atoms with Gasteiger partial charge in [-0.2, -0.15) is 0 Å². The molecule has 0 aliphatic heterocycles. The summed E-state index contributed by atoms with van der Waals surface area (Å²) in [5.41, 5.74) is 6.30. The predicted molar refractivity (Wildman–Crippen MR) is 80.5 cm³/mol. The third kappa shape index (κ3) is 4.44. The predicted octanol–water partition coefficient (Wildman–Crippen LogP) is 2.59. The minimum Gasteiger partial charge on any atom is -0.484 e. The molecule has 4 nitrogen and oxygen atoms in total. The molecule has 110 valence electrons. The van der Waals surface area contributed by atoms with Crippen LogP contribution in [-0.2, 0) is 4.79 Å². The van der Waals surface area contributed by atoms with Gasteiger partial charge in [-0.1, -0.05) is 19.9 Å². The topological polar surface area (TPSA) is 64.3 Å². The van der Waals surface area contributed by atoms with E-state index in [1.807, 2.05) is 6.07 Å². The van der Waals surface area contributed by atoms with Crippen LogP contribution in [-0.4, -0.2) is 18.6 Å². The molecule has 1 fully saturated rings. The minimum atomic E-state index is -0.0567. The summed E-state index contributed by atoms with van der Waals surface area (Å²) in [6, 6.07) is 7.41. The maximum atomic E-state index is 11.9. The molecule has 1 aliphatic rings. The smallest absolute Gasteiger partial charge is 0.258 e. The Bertz CT molecular complexity index is 452. The number of ether oxygens (including phenoxy) is 1. The molecule has 1 aliphatic carbocycles. The van der Waals surface area contributed by atoms with E-state index in [-0.39, 0.29) is 18.6 Å². The Morgan fingerprint density at radius 2 is 2.00 bits per heavy atom. The van der Waals surface area contributed by atoms with E-state index in [1.54, 1.807) is 18.2 Å². The van der Waals surface area contributed by atoms with Crippen LogP contribution in [0.3, 0.4) is 0 Å². The highest BCUT2D eigenvalue weighted by atomic mass is 16.5. The van der Waals surface area contributed by atoms with Crippen molar-refractivity contribution >= 4 is 11.6 Å². The van der Waals surface area contributed by atoms with Gasteiger partial charge in [0.25, 0.3) is 5.91 Å². The first-order valence-electron chi connectivity index (χ1n) is 7.30. The van der Waals surface area contributed by atoms with Crippen LogP contribution < -0.4 is 15.8 Å². The van der Waals surface area contributed by atoms with Gasteiger partial charge >= 0.3 is 0 Å². The van der Waals surface area contributed by atoms with E-state index >= 15 is 0 Å². The lowest BCUT2D eigenvalue weighted by molar-refractivity contribution is -0.124. The summed E-state index contributed by atoms with van der Waals surface area (Å²) in [4.78, 5) is 11.9. The number of nitrogens with two attached hydrogens (primary N) is 1. The lowest BCUT2D eigenvalue weighted by atomic mass is 9.80. The van der Waals surface area contributed by atoms with Gasteiger partial charge in [-0.15, -0.1) is 0 Å². The van der Waals surface area contributed by atoms with Gasteiger partial charge in [-0.25, -0.2) is 0 Å². The summed E-state index contributed by atoms with van der Waals surface area (Å²) in [5, 5.41) is 3.07. The van der Waals surface area contributed by atoms with Gasteiger partial charge < -0.3 is 15.8 Å². The first kappa shape index (κ1) is 14.7. The summed E-state index contributed by atoms with van der Waals surface area (Å²) >= 11 is 0. The van der Waals surface area contributed by atoms with Crippen molar-refractivity contribution in [3.8, 4) is 5.75 Å². The molecule has 0 bridgehead atoms. The van der Waals surface area contributed by atoms with Crippen molar-refractivity contribution < 1.29 is 9.53 Å². The quantitative estimate of drug-likeness (QED) is 0.831. The van der Waals surface area contributed by atoms with Crippen LogP contribution in [0.2, 0.25) is 0 Å². The van der Waals surface area contributed by atoms with Crippen LogP contribution in [0.4, 0.5) is 5.69 Å². The zero-order chi connectivity index (χ0) is 14.5. The van der Waals surface area contributed by atoms with E-state index in [1.165, 1.54) is 6.42 Å². The van der Waals surface area contributed by atoms with Crippen LogP contribution in [0.25, 0.3) is 0 Å². The second-order valence-electron chi connectivity index (χ2n) is 6.04. The Morgan fingerprint density at radius 3 is 2.65 bits per heavy atom. The summed E-state index contributed by atoms with van der Waals surface area (Å²) in [7, 11) is 0. The Kier molecular flexibility index (Phi) is 4.88. The fourth-order valence-electron chi connectivity index (χ4n) is 3.09. The molecule has 0 heterocycles. The molecular formula is C16H24N2O2. The van der Waals surface area contributed by atoms with Gasteiger partial charge in [-0.3, -0.25) is 4.79 Å². The highest BCUT2D eigenvalue weighted by molar-refractivity contribution is 5.77. The zero-order valence-corrected chi connectivity index (χ0v) is 12.3. The monoisotopic (exact) mass is 276 g/mol. The van der Waals surface area contributed by atoms with Crippen molar-refractivity contribution in [3.63, 3.8) is 0 Å². The molecule has 1 aromatic rings. The number of nitrogen functional groups attached to an aromatic ring is 1. The first-order valence-corrected chi connectivity index (χ1v) is 7.30. The van der Waals surface area contributed by atoms with Crippen LogP contribution in [0.5, 0.6) is 5.75 Å². The zero-order valence-electron chi connectivity index (χ0n) is 12.3. The third-order valence-electron chi connectivity index (χ3n) is 3.77. The molecule has 0 saturated heterocycles. The van der Waals surface area contributed by atoms with Gasteiger partial charge in [0.05, 0.1) is 0 Å². The maximum absolute atomic E-state index is 11.9. The van der Waals surface area contributed by atoms with Gasteiger partial charge in [0.1, 0.15) is 5.75 Å². The molecule has 0 radical (unpaired) electrons. The van der Waals surface area contributed by atoms with E-state index in [2.05, 4.69) is 19.2 Å². The lowest BCUT2D eigenvalue weighted by Crippen LogP contribution is -2.42. The third-order valence-corrected chi connectivity index (χ3v) is 3.77. The van der Waals surface area contributed by atoms with E-state index in [9.17, 15) is 4.79 Å². The second kappa shape index (κ2) is 6.64. The SMILES string of the molecule is CC1CC(C)CC(NC(=O)COc2cccc(N)c2)C1. The second-order valence-corrected chi connectivity index (χ2v) is 6.04. The Hall–Kier alpha value is -1.71. The number of amides is 1. The average Bonchev–Trinajstić information content (AvgIpc) is 2.35. The largest absolute Gasteiger partial charge is 0.484 e. The number of nitrogens with one attached hydrogen (secondary N) is 1. The number of hydrogen-bond acceptors (Lipinski definition) is 3. The molecule has 3 N–H and O–H groups in total. The van der Waals surface area contributed by atoms with Gasteiger partial charge in [0.15, 0.2) is 6.61 Å². The van der Waals surface area contributed by atoms with Gasteiger partial charge in [0.2, 0.25) is 0 Å². The fourth-order valence-corrected chi connectivity index (χ4v) is 3.09. The number of hydrogen-bond donors (Lipinski definition) is 2. The Balaban J connectivity index is 1.78. The number of anilines is 1. The molecule has 1 amide bonds. The average molecular weight is 276 g/mol. The minimum absolute atomic E-state index is 0.0444. The van der Waals surface area contributed by atoms with Crippen LogP contribution in [0.15, 0.2) is 24.3 Å². The number of carbonyl (C=O) groups is 1. The highest BCUT2D eigenvalue weighted by Gasteiger charge is 2.24. The van der Waals surface area contributed by atoms with Crippen molar-refractivity contribution in [3.05, 3.63) is 24.3 Å². The molecule has 2 rings (SSSR count). The molecule has 4 heteroatoms. The maximum Gasteiger partial charge on any atom is 0.258 e. The summed E-state index contributed by atoms with van der Waals surface area (Å²) in [5.74, 6) is 1.93. The number of benzene rings is 1. The standard InChI is InChI=1S/C16H24N2O2/c1-11-6-12(2)8-14(7-11)18-16(19)10-20-15-5-3-4-13(17)9-15/h3-5,9,11-12,14H,6-8,10,17H2,1-2H3,(H,18,19). The summed E-state index contributed by atoms with van der Waals surface area (Å²) in [6.07, 6.45) is 3.38. The van der Waals surface area contributed by atoms with Crippen molar-refractivity contribution in [1.29, 1.82) is 0 Å². The fraction of sp³-hybridized carbons (Fsp3) is 0.562. The van der Waals surface area contributed by atoms with E-state index in [0.29, 0.717) is 23.3 Å². The Morgan fingerprint density at radius 1 is 1.30 bits per heavy atom. The molecule has 1 saturated carbocycles. The van der Waals surface area contributed by atoms with Crippen molar-refractivity contribution in [2.24, 2.45) is 11.8 Å². The normalized spacial score (nSPS) is 26.0. The van der Waals surface area contributed by atoms with E-state index in [4.69, 9.17) is 10.5 Å². The molecular weight excluding hydrogens is 252 g/mol. The van der Waals surface area contributed by atoms with Crippen LogP contribution in [0.1, 0.15) is 33.1 Å².